The van der Waals surface area contributed by atoms with Gasteiger partial charge in [-0.2, -0.15) is 18.3 Å². The number of hydrogen-bond donors (Lipinski definition) is 2. The lowest BCUT2D eigenvalue weighted by atomic mass is 10.0. The van der Waals surface area contributed by atoms with Crippen LogP contribution in [-0.4, -0.2) is 34.7 Å². The standard InChI is InChI=1S/C22H19ClF3N5O2/c23-15-7-9-16(10-8-15)31-20(22(24,25)26)17(12-27-31)21(33)29-28-19(32)13-30-11-3-5-14-4-1-2-6-18(14)30/h1-2,4,6-10,12H,3,5,11,13H2,(H,28,32)(H,29,33). The van der Waals surface area contributed by atoms with Crippen molar-refractivity contribution in [3.05, 3.63) is 76.6 Å². The van der Waals surface area contributed by atoms with Gasteiger partial charge >= 0.3 is 6.18 Å². The third-order valence-corrected chi connectivity index (χ3v) is 5.46. The van der Waals surface area contributed by atoms with Crippen molar-refractivity contribution in [2.75, 3.05) is 18.0 Å². The number of nitrogens with one attached hydrogen (secondary N) is 2. The van der Waals surface area contributed by atoms with Crippen molar-refractivity contribution in [1.29, 1.82) is 0 Å². The van der Waals surface area contributed by atoms with Crippen molar-refractivity contribution in [2.45, 2.75) is 19.0 Å². The molecule has 0 saturated carbocycles. The van der Waals surface area contributed by atoms with E-state index in [2.05, 4.69) is 16.0 Å². The minimum absolute atomic E-state index is 0.0482. The number of aromatic nitrogens is 2. The van der Waals surface area contributed by atoms with E-state index < -0.39 is 29.2 Å². The first kappa shape index (κ1) is 22.7. The maximum Gasteiger partial charge on any atom is 0.434 e. The molecule has 7 nitrogen and oxygen atoms in total. The van der Waals surface area contributed by atoms with Gasteiger partial charge in [0.25, 0.3) is 11.8 Å². The van der Waals surface area contributed by atoms with E-state index in [1.165, 1.54) is 24.3 Å². The van der Waals surface area contributed by atoms with Crippen molar-refractivity contribution < 1.29 is 22.8 Å². The highest BCUT2D eigenvalue weighted by atomic mass is 35.5. The Hall–Kier alpha value is -3.53. The van der Waals surface area contributed by atoms with Gasteiger partial charge in [0.15, 0.2) is 5.69 Å². The fourth-order valence-corrected chi connectivity index (χ4v) is 3.87. The van der Waals surface area contributed by atoms with Gasteiger partial charge in [-0.1, -0.05) is 29.8 Å². The Kier molecular flexibility index (Phi) is 6.28. The summed E-state index contributed by atoms with van der Waals surface area (Å²) in [5.74, 6) is -1.69. The molecule has 0 aliphatic carbocycles. The van der Waals surface area contributed by atoms with Crippen molar-refractivity contribution in [1.82, 2.24) is 20.6 Å². The zero-order valence-electron chi connectivity index (χ0n) is 17.2. The summed E-state index contributed by atoms with van der Waals surface area (Å²) in [5, 5.41) is 4.07. The number of anilines is 1. The summed E-state index contributed by atoms with van der Waals surface area (Å²) in [6.07, 6.45) is -2.29. The molecule has 4 rings (SSSR count). The third kappa shape index (κ3) is 4.95. The van der Waals surface area contributed by atoms with E-state index in [-0.39, 0.29) is 12.2 Å². The Balaban J connectivity index is 1.47. The number of halogens is 4. The van der Waals surface area contributed by atoms with Crippen LogP contribution in [0.15, 0.2) is 54.7 Å². The Morgan fingerprint density at radius 2 is 1.79 bits per heavy atom. The van der Waals surface area contributed by atoms with Gasteiger partial charge in [0.05, 0.1) is 24.0 Å². The number of amides is 2. The molecular weight excluding hydrogens is 459 g/mol. The van der Waals surface area contributed by atoms with Crippen molar-refractivity contribution in [3.8, 4) is 5.69 Å². The van der Waals surface area contributed by atoms with E-state index in [1.54, 1.807) is 0 Å². The number of fused-ring (bicyclic) bond motifs is 1. The molecule has 2 N–H and O–H groups in total. The Bertz CT molecular complexity index is 1180. The monoisotopic (exact) mass is 477 g/mol. The van der Waals surface area contributed by atoms with Gasteiger partial charge in [0.1, 0.15) is 0 Å². The van der Waals surface area contributed by atoms with Crippen LogP contribution in [0.25, 0.3) is 5.69 Å². The normalized spacial score (nSPS) is 13.4. The molecule has 1 aliphatic rings. The number of aryl methyl sites for hydroxylation is 1. The van der Waals surface area contributed by atoms with E-state index in [4.69, 9.17) is 11.6 Å². The Labute approximate surface area is 192 Å². The third-order valence-electron chi connectivity index (χ3n) is 5.21. The summed E-state index contributed by atoms with van der Waals surface area (Å²) >= 11 is 5.79. The zero-order valence-corrected chi connectivity index (χ0v) is 18.0. The van der Waals surface area contributed by atoms with Gasteiger partial charge in [-0.25, -0.2) is 4.68 Å². The molecule has 3 aromatic rings. The van der Waals surface area contributed by atoms with Crippen LogP contribution in [0.4, 0.5) is 18.9 Å². The lowest BCUT2D eigenvalue weighted by Crippen LogP contribution is -2.47. The molecule has 172 valence electrons. The average molecular weight is 478 g/mol. The SMILES string of the molecule is O=C(CN1CCCc2ccccc21)NNC(=O)c1cnn(-c2ccc(Cl)cc2)c1C(F)(F)F. The topological polar surface area (TPSA) is 79.3 Å². The summed E-state index contributed by atoms with van der Waals surface area (Å²) in [5.41, 5.74) is 4.39. The molecule has 2 heterocycles. The second-order valence-electron chi connectivity index (χ2n) is 7.45. The van der Waals surface area contributed by atoms with E-state index in [9.17, 15) is 22.8 Å². The summed E-state index contributed by atoms with van der Waals surface area (Å²) in [4.78, 5) is 26.7. The lowest BCUT2D eigenvalue weighted by molar-refractivity contribution is -0.143. The van der Waals surface area contributed by atoms with E-state index in [0.29, 0.717) is 16.2 Å². The van der Waals surface area contributed by atoms with Crippen LogP contribution in [-0.2, 0) is 17.4 Å². The van der Waals surface area contributed by atoms with Crippen LogP contribution < -0.4 is 15.8 Å². The molecule has 0 radical (unpaired) electrons. The predicted molar refractivity (Wildman–Crippen MR) is 116 cm³/mol. The molecular formula is C22H19ClF3N5O2. The summed E-state index contributed by atoms with van der Waals surface area (Å²) < 4.78 is 41.9. The number of carbonyl (C=O) groups is 2. The lowest BCUT2D eigenvalue weighted by Gasteiger charge is -2.30. The minimum atomic E-state index is -4.87. The highest BCUT2D eigenvalue weighted by Crippen LogP contribution is 2.34. The van der Waals surface area contributed by atoms with Crippen LogP contribution >= 0.6 is 11.6 Å². The largest absolute Gasteiger partial charge is 0.434 e. The molecule has 0 saturated heterocycles. The van der Waals surface area contributed by atoms with Crippen molar-refractivity contribution in [3.63, 3.8) is 0 Å². The van der Waals surface area contributed by atoms with E-state index in [1.807, 2.05) is 29.2 Å². The van der Waals surface area contributed by atoms with Crippen LogP contribution in [0.2, 0.25) is 5.02 Å². The highest BCUT2D eigenvalue weighted by Gasteiger charge is 2.40. The predicted octanol–water partition coefficient (Wildman–Crippen LogP) is 3.76. The zero-order chi connectivity index (χ0) is 23.6. The molecule has 0 atom stereocenters. The van der Waals surface area contributed by atoms with Crippen LogP contribution in [0, 0.1) is 0 Å². The van der Waals surface area contributed by atoms with E-state index in [0.717, 1.165) is 30.3 Å². The van der Waals surface area contributed by atoms with Gasteiger partial charge in [-0.3, -0.25) is 20.4 Å². The molecule has 0 unspecified atom stereocenters. The fraction of sp³-hybridized carbons (Fsp3) is 0.227. The van der Waals surface area contributed by atoms with Crippen LogP contribution in [0.3, 0.4) is 0 Å². The first-order chi connectivity index (χ1) is 15.7. The van der Waals surface area contributed by atoms with Gasteiger partial charge in [-0.05, 0) is 48.7 Å². The maximum absolute atomic E-state index is 13.8. The quantitative estimate of drug-likeness (QED) is 0.561. The first-order valence-electron chi connectivity index (χ1n) is 10.1. The average Bonchev–Trinajstić information content (AvgIpc) is 3.24. The molecule has 33 heavy (non-hydrogen) atoms. The van der Waals surface area contributed by atoms with Gasteiger partial charge < -0.3 is 4.90 Å². The molecule has 0 bridgehead atoms. The van der Waals surface area contributed by atoms with Crippen molar-refractivity contribution >= 4 is 29.1 Å². The molecule has 0 spiro atoms. The second-order valence-corrected chi connectivity index (χ2v) is 7.89. The Morgan fingerprint density at radius 3 is 2.52 bits per heavy atom. The fourth-order valence-electron chi connectivity index (χ4n) is 3.75. The summed E-state index contributed by atoms with van der Waals surface area (Å²) in [7, 11) is 0. The molecule has 2 amide bonds. The molecule has 11 heteroatoms. The minimum Gasteiger partial charge on any atom is -0.362 e. The number of para-hydroxylation sites is 1. The Morgan fingerprint density at radius 1 is 1.06 bits per heavy atom. The number of benzene rings is 2. The number of carbonyl (C=O) groups excluding carboxylic acids is 2. The van der Waals surface area contributed by atoms with Gasteiger partial charge in [-0.15, -0.1) is 0 Å². The molecule has 2 aromatic carbocycles. The second kappa shape index (κ2) is 9.14. The van der Waals surface area contributed by atoms with Gasteiger partial charge in [0.2, 0.25) is 0 Å². The van der Waals surface area contributed by atoms with Crippen LogP contribution in [0.5, 0.6) is 0 Å². The van der Waals surface area contributed by atoms with Crippen LogP contribution in [0.1, 0.15) is 28.0 Å². The molecule has 0 fully saturated rings. The summed E-state index contributed by atoms with van der Waals surface area (Å²) in [6.45, 7) is 0.609. The van der Waals surface area contributed by atoms with Crippen molar-refractivity contribution in [2.24, 2.45) is 0 Å². The molecule has 1 aromatic heterocycles. The summed E-state index contributed by atoms with van der Waals surface area (Å²) in [6, 6.07) is 13.2. The number of hydrogen-bond acceptors (Lipinski definition) is 4. The first-order valence-corrected chi connectivity index (χ1v) is 10.4. The number of nitrogens with zero attached hydrogens (tertiary/aromatic N) is 3. The number of rotatable bonds is 4. The molecule has 1 aliphatic heterocycles. The maximum atomic E-state index is 13.8. The number of alkyl halides is 3. The van der Waals surface area contributed by atoms with E-state index >= 15 is 0 Å². The van der Waals surface area contributed by atoms with Gasteiger partial charge in [0, 0.05) is 17.3 Å². The highest BCUT2D eigenvalue weighted by molar-refractivity contribution is 6.30. The number of hydrazine groups is 1. The smallest absolute Gasteiger partial charge is 0.362 e.